The Morgan fingerprint density at radius 2 is 1.64 bits per heavy atom. The monoisotopic (exact) mass is 443 g/mol. The summed E-state index contributed by atoms with van der Waals surface area (Å²) in [7, 11) is 0. The van der Waals surface area contributed by atoms with Crippen LogP contribution in [0.25, 0.3) is 11.0 Å². The van der Waals surface area contributed by atoms with Gasteiger partial charge in [-0.3, -0.25) is 14.4 Å². The summed E-state index contributed by atoms with van der Waals surface area (Å²) in [5.74, 6) is -0.819. The van der Waals surface area contributed by atoms with Gasteiger partial charge in [0.1, 0.15) is 17.9 Å². The molecule has 1 heterocycles. The number of fused-ring (bicyclic) bond motifs is 1. The Morgan fingerprint density at radius 1 is 0.879 bits per heavy atom. The Hall–Kier alpha value is -4.59. The molecule has 0 saturated carbocycles. The standard InChI is InChI=1S/C25H21N3O5/c26-22(29)14-27-24(30)16-7-6-8-17(13-16)28-25(31)23-20(15-32-18-9-2-1-3-10-18)19-11-4-5-12-21(19)33-23/h1-13H,14-15H2,(H2,26,29)(H,27,30)(H,28,31). The Morgan fingerprint density at radius 3 is 2.42 bits per heavy atom. The third-order valence-corrected chi connectivity index (χ3v) is 4.84. The van der Waals surface area contributed by atoms with Crippen LogP contribution < -0.4 is 21.1 Å². The number of amides is 3. The summed E-state index contributed by atoms with van der Waals surface area (Å²) in [4.78, 5) is 36.2. The van der Waals surface area contributed by atoms with Gasteiger partial charge in [0.25, 0.3) is 11.8 Å². The van der Waals surface area contributed by atoms with Gasteiger partial charge in [-0.05, 0) is 36.4 Å². The second kappa shape index (κ2) is 9.69. The van der Waals surface area contributed by atoms with E-state index in [1.165, 1.54) is 6.07 Å². The van der Waals surface area contributed by atoms with Crippen LogP contribution in [0.5, 0.6) is 5.75 Å². The van der Waals surface area contributed by atoms with E-state index in [1.54, 1.807) is 24.3 Å². The molecule has 8 nitrogen and oxygen atoms in total. The zero-order chi connectivity index (χ0) is 23.2. The van der Waals surface area contributed by atoms with Gasteiger partial charge in [-0.15, -0.1) is 0 Å². The van der Waals surface area contributed by atoms with Crippen molar-refractivity contribution in [3.63, 3.8) is 0 Å². The van der Waals surface area contributed by atoms with Crippen LogP contribution in [0.4, 0.5) is 5.69 Å². The maximum absolute atomic E-state index is 13.1. The second-order valence-corrected chi connectivity index (χ2v) is 7.19. The van der Waals surface area contributed by atoms with Gasteiger partial charge in [-0.2, -0.15) is 0 Å². The quantitative estimate of drug-likeness (QED) is 0.385. The molecule has 0 saturated heterocycles. The number of hydrogen-bond acceptors (Lipinski definition) is 5. The molecular weight excluding hydrogens is 422 g/mol. The lowest BCUT2D eigenvalue weighted by atomic mass is 10.1. The summed E-state index contributed by atoms with van der Waals surface area (Å²) in [5.41, 5.74) is 6.89. The van der Waals surface area contributed by atoms with Crippen molar-refractivity contribution in [1.82, 2.24) is 5.32 Å². The molecule has 166 valence electrons. The summed E-state index contributed by atoms with van der Waals surface area (Å²) in [6, 6.07) is 22.9. The van der Waals surface area contributed by atoms with Gasteiger partial charge in [-0.1, -0.05) is 42.5 Å². The molecule has 33 heavy (non-hydrogen) atoms. The summed E-state index contributed by atoms with van der Waals surface area (Å²) >= 11 is 0. The largest absolute Gasteiger partial charge is 0.489 e. The van der Waals surface area contributed by atoms with E-state index in [0.717, 1.165) is 5.39 Å². The zero-order valence-electron chi connectivity index (χ0n) is 17.5. The molecule has 0 spiro atoms. The lowest BCUT2D eigenvalue weighted by Gasteiger charge is -2.09. The van der Waals surface area contributed by atoms with E-state index < -0.39 is 17.7 Å². The number of primary amides is 1. The van der Waals surface area contributed by atoms with Gasteiger partial charge in [0.15, 0.2) is 5.76 Å². The maximum Gasteiger partial charge on any atom is 0.291 e. The van der Waals surface area contributed by atoms with Gasteiger partial charge in [0, 0.05) is 22.2 Å². The fourth-order valence-corrected chi connectivity index (χ4v) is 3.29. The molecule has 3 aromatic carbocycles. The molecule has 4 rings (SSSR count). The molecule has 0 atom stereocenters. The molecule has 0 bridgehead atoms. The van der Waals surface area contributed by atoms with Crippen molar-refractivity contribution in [2.24, 2.45) is 5.73 Å². The SMILES string of the molecule is NC(=O)CNC(=O)c1cccc(NC(=O)c2oc3ccccc3c2COc2ccccc2)c1. The van der Waals surface area contributed by atoms with Crippen molar-refractivity contribution >= 4 is 34.4 Å². The highest BCUT2D eigenvalue weighted by atomic mass is 16.5. The average Bonchev–Trinajstić information content (AvgIpc) is 3.21. The van der Waals surface area contributed by atoms with Crippen molar-refractivity contribution < 1.29 is 23.5 Å². The number of carbonyl (C=O) groups is 3. The van der Waals surface area contributed by atoms with E-state index in [4.69, 9.17) is 14.9 Å². The molecule has 0 aliphatic carbocycles. The third-order valence-electron chi connectivity index (χ3n) is 4.84. The van der Waals surface area contributed by atoms with Crippen LogP contribution in [0, 0.1) is 0 Å². The lowest BCUT2D eigenvalue weighted by Crippen LogP contribution is -2.33. The minimum absolute atomic E-state index is 0.121. The summed E-state index contributed by atoms with van der Waals surface area (Å²) in [6.07, 6.45) is 0. The number of ether oxygens (including phenoxy) is 1. The number of nitrogens with one attached hydrogen (secondary N) is 2. The lowest BCUT2D eigenvalue weighted by molar-refractivity contribution is -0.117. The Balaban J connectivity index is 1.56. The highest BCUT2D eigenvalue weighted by Gasteiger charge is 2.21. The van der Waals surface area contributed by atoms with E-state index in [1.807, 2.05) is 48.5 Å². The molecule has 4 N–H and O–H groups in total. The zero-order valence-corrected chi connectivity index (χ0v) is 17.5. The van der Waals surface area contributed by atoms with E-state index in [-0.39, 0.29) is 24.5 Å². The number of hydrogen-bond donors (Lipinski definition) is 3. The van der Waals surface area contributed by atoms with Gasteiger partial charge in [0.05, 0.1) is 6.54 Å². The van der Waals surface area contributed by atoms with Crippen LogP contribution in [0.3, 0.4) is 0 Å². The van der Waals surface area contributed by atoms with E-state index in [2.05, 4.69) is 10.6 Å². The summed E-state index contributed by atoms with van der Waals surface area (Å²) < 4.78 is 11.7. The van der Waals surface area contributed by atoms with Crippen molar-refractivity contribution in [1.29, 1.82) is 0 Å². The van der Waals surface area contributed by atoms with Crippen molar-refractivity contribution in [2.45, 2.75) is 6.61 Å². The first-order valence-electron chi connectivity index (χ1n) is 10.2. The third kappa shape index (κ3) is 5.19. The Labute approximate surface area is 189 Å². The van der Waals surface area contributed by atoms with Gasteiger partial charge in [-0.25, -0.2) is 0 Å². The van der Waals surface area contributed by atoms with Crippen molar-refractivity contribution in [3.8, 4) is 5.75 Å². The van der Waals surface area contributed by atoms with E-state index >= 15 is 0 Å². The van der Waals surface area contributed by atoms with Gasteiger partial charge in [0.2, 0.25) is 5.91 Å². The fraction of sp³-hybridized carbons (Fsp3) is 0.0800. The molecule has 0 aliphatic heterocycles. The molecular formula is C25H21N3O5. The van der Waals surface area contributed by atoms with Crippen LogP contribution in [-0.2, 0) is 11.4 Å². The molecule has 0 aliphatic rings. The molecule has 4 aromatic rings. The number of benzene rings is 3. The Kier molecular flexibility index (Phi) is 6.36. The number of nitrogens with two attached hydrogens (primary N) is 1. The predicted molar refractivity (Wildman–Crippen MR) is 123 cm³/mol. The maximum atomic E-state index is 13.1. The number of rotatable bonds is 8. The van der Waals surface area contributed by atoms with Crippen LogP contribution >= 0.6 is 0 Å². The van der Waals surface area contributed by atoms with E-state index in [9.17, 15) is 14.4 Å². The second-order valence-electron chi connectivity index (χ2n) is 7.19. The highest BCUT2D eigenvalue weighted by Crippen LogP contribution is 2.28. The Bertz CT molecular complexity index is 1310. The first-order chi connectivity index (χ1) is 16.0. The number of carbonyl (C=O) groups excluding carboxylic acids is 3. The first-order valence-corrected chi connectivity index (χ1v) is 10.2. The molecule has 8 heteroatoms. The average molecular weight is 443 g/mol. The summed E-state index contributed by atoms with van der Waals surface area (Å²) in [6.45, 7) is -0.140. The minimum atomic E-state index is -0.650. The van der Waals surface area contributed by atoms with Crippen LogP contribution in [0.2, 0.25) is 0 Å². The van der Waals surface area contributed by atoms with Gasteiger partial charge >= 0.3 is 0 Å². The minimum Gasteiger partial charge on any atom is -0.489 e. The van der Waals surface area contributed by atoms with E-state index in [0.29, 0.717) is 22.6 Å². The van der Waals surface area contributed by atoms with Crippen molar-refractivity contribution in [2.75, 3.05) is 11.9 Å². The first kappa shape index (κ1) is 21.6. The predicted octanol–water partition coefficient (Wildman–Crippen LogP) is 3.48. The summed E-state index contributed by atoms with van der Waals surface area (Å²) in [5, 5.41) is 5.94. The number of furan rings is 1. The molecule has 1 aromatic heterocycles. The van der Waals surface area contributed by atoms with Crippen LogP contribution in [0.15, 0.2) is 83.3 Å². The fourth-order valence-electron chi connectivity index (χ4n) is 3.29. The number of anilines is 1. The van der Waals surface area contributed by atoms with Gasteiger partial charge < -0.3 is 25.5 Å². The topological polar surface area (TPSA) is 124 Å². The smallest absolute Gasteiger partial charge is 0.291 e. The van der Waals surface area contributed by atoms with Crippen LogP contribution in [-0.4, -0.2) is 24.3 Å². The number of para-hydroxylation sites is 2. The molecule has 0 radical (unpaired) electrons. The normalized spacial score (nSPS) is 10.5. The molecule has 0 unspecified atom stereocenters. The van der Waals surface area contributed by atoms with Crippen molar-refractivity contribution in [3.05, 3.63) is 95.7 Å². The molecule has 3 amide bonds. The molecule has 0 fully saturated rings. The highest BCUT2D eigenvalue weighted by molar-refractivity contribution is 6.07. The van der Waals surface area contributed by atoms with Crippen LogP contribution in [0.1, 0.15) is 26.5 Å².